The molecule has 0 radical (unpaired) electrons. The monoisotopic (exact) mass is 276 g/mol. The maximum Gasteiger partial charge on any atom is 0.282 e. The molecule has 18 heavy (non-hydrogen) atoms. The first kappa shape index (κ1) is 14.2. The van der Waals surface area contributed by atoms with Gasteiger partial charge in [-0.25, -0.2) is 0 Å². The van der Waals surface area contributed by atoms with Crippen molar-refractivity contribution in [3.63, 3.8) is 0 Å². The molecular weight excluding hydrogens is 252 g/mol. The molecule has 5 nitrogen and oxygen atoms in total. The molecule has 0 spiro atoms. The number of aliphatic hydroxyl groups is 1. The first-order chi connectivity index (χ1) is 8.37. The van der Waals surface area contributed by atoms with Crippen molar-refractivity contribution in [1.29, 1.82) is 0 Å². The lowest BCUT2D eigenvalue weighted by Crippen LogP contribution is -2.66. The highest BCUT2D eigenvalue weighted by atomic mass is 32.2. The van der Waals surface area contributed by atoms with E-state index < -0.39 is 15.8 Å². The van der Waals surface area contributed by atoms with Gasteiger partial charge in [0.25, 0.3) is 10.2 Å². The summed E-state index contributed by atoms with van der Waals surface area (Å²) in [5.74, 6) is 0.435. The number of rotatable bonds is 4. The van der Waals surface area contributed by atoms with Gasteiger partial charge in [-0.2, -0.15) is 17.0 Å². The largest absolute Gasteiger partial charge is 0.387 e. The number of hydrogen-bond acceptors (Lipinski definition) is 3. The molecule has 2 rings (SSSR count). The van der Waals surface area contributed by atoms with E-state index in [-0.39, 0.29) is 13.1 Å². The van der Waals surface area contributed by atoms with Gasteiger partial charge in [-0.05, 0) is 25.2 Å². The Morgan fingerprint density at radius 3 is 2.56 bits per heavy atom. The van der Waals surface area contributed by atoms with Gasteiger partial charge in [-0.15, -0.1) is 0 Å². The van der Waals surface area contributed by atoms with Crippen LogP contribution in [0.4, 0.5) is 0 Å². The molecule has 0 amide bonds. The second kappa shape index (κ2) is 5.07. The molecular formula is C12H24N2O3S. The van der Waals surface area contributed by atoms with Crippen molar-refractivity contribution in [1.82, 2.24) is 8.61 Å². The Morgan fingerprint density at radius 2 is 2.00 bits per heavy atom. The average Bonchev–Trinajstić information content (AvgIpc) is 2.26. The van der Waals surface area contributed by atoms with E-state index >= 15 is 0 Å². The second-order valence-electron chi connectivity index (χ2n) is 5.86. The molecule has 106 valence electrons. The third kappa shape index (κ3) is 2.71. The van der Waals surface area contributed by atoms with E-state index in [0.717, 1.165) is 19.3 Å². The van der Waals surface area contributed by atoms with E-state index in [9.17, 15) is 13.5 Å². The van der Waals surface area contributed by atoms with Crippen molar-refractivity contribution < 1.29 is 13.5 Å². The Balaban J connectivity index is 1.97. The Hall–Kier alpha value is -0.170. The summed E-state index contributed by atoms with van der Waals surface area (Å²) in [6, 6.07) is 0. The molecule has 6 heteroatoms. The van der Waals surface area contributed by atoms with Crippen LogP contribution in [-0.4, -0.2) is 53.9 Å². The fraction of sp³-hybridized carbons (Fsp3) is 1.00. The Labute approximate surface area is 110 Å². The lowest BCUT2D eigenvalue weighted by molar-refractivity contribution is -0.0677. The van der Waals surface area contributed by atoms with Crippen LogP contribution in [0.25, 0.3) is 0 Å². The van der Waals surface area contributed by atoms with Gasteiger partial charge in [-0.1, -0.05) is 20.3 Å². The summed E-state index contributed by atoms with van der Waals surface area (Å²) < 4.78 is 27.7. The highest BCUT2D eigenvalue weighted by molar-refractivity contribution is 7.86. The third-order valence-electron chi connectivity index (χ3n) is 3.93. The van der Waals surface area contributed by atoms with Crippen molar-refractivity contribution in [3.8, 4) is 0 Å². The van der Waals surface area contributed by atoms with E-state index in [1.807, 2.05) is 6.92 Å². The van der Waals surface area contributed by atoms with Crippen LogP contribution in [-0.2, 0) is 10.2 Å². The Morgan fingerprint density at radius 1 is 1.33 bits per heavy atom. The van der Waals surface area contributed by atoms with E-state index in [0.29, 0.717) is 25.4 Å². The molecule has 2 aliphatic heterocycles. The lowest BCUT2D eigenvalue weighted by Gasteiger charge is -2.47. The minimum atomic E-state index is -3.34. The van der Waals surface area contributed by atoms with Gasteiger partial charge in [0.05, 0.1) is 5.60 Å². The van der Waals surface area contributed by atoms with Crippen LogP contribution in [0.5, 0.6) is 0 Å². The van der Waals surface area contributed by atoms with E-state index in [2.05, 4.69) is 6.92 Å². The third-order valence-corrected chi connectivity index (χ3v) is 5.82. The summed E-state index contributed by atoms with van der Waals surface area (Å²) in [6.07, 6.45) is 3.60. The molecule has 2 fully saturated rings. The normalized spacial score (nSPS) is 30.1. The van der Waals surface area contributed by atoms with Gasteiger partial charge >= 0.3 is 0 Å². The van der Waals surface area contributed by atoms with Crippen LogP contribution in [0.2, 0.25) is 0 Å². The Kier molecular flexibility index (Phi) is 4.02. The van der Waals surface area contributed by atoms with Crippen LogP contribution >= 0.6 is 0 Å². The summed E-state index contributed by atoms with van der Waals surface area (Å²) in [5, 5.41) is 10.1. The van der Waals surface area contributed by atoms with Gasteiger partial charge in [0.15, 0.2) is 0 Å². The number of β-amino-alcohol motifs (C(OH)–C–C–N with tert-alkyl or cyclic N) is 1. The predicted molar refractivity (Wildman–Crippen MR) is 70.3 cm³/mol. The molecule has 0 aromatic carbocycles. The minimum absolute atomic E-state index is 0.258. The minimum Gasteiger partial charge on any atom is -0.387 e. The predicted octanol–water partition coefficient (Wildman–Crippen LogP) is 0.810. The SMILES string of the molecule is CCCC1(O)CN(S(=O)(=O)N2CCCC(C)C2)C1. The molecule has 0 aliphatic carbocycles. The number of nitrogens with zero attached hydrogens (tertiary/aromatic N) is 2. The lowest BCUT2D eigenvalue weighted by atomic mass is 9.92. The van der Waals surface area contributed by atoms with Crippen molar-refractivity contribution in [2.75, 3.05) is 26.2 Å². The molecule has 0 bridgehead atoms. The zero-order valence-corrected chi connectivity index (χ0v) is 12.1. The summed E-state index contributed by atoms with van der Waals surface area (Å²) in [7, 11) is -3.34. The molecule has 2 aliphatic rings. The van der Waals surface area contributed by atoms with Crippen molar-refractivity contribution in [2.45, 2.75) is 45.1 Å². The zero-order chi connectivity index (χ0) is 13.4. The molecule has 1 N–H and O–H groups in total. The van der Waals surface area contributed by atoms with Crippen molar-refractivity contribution >= 4 is 10.2 Å². The van der Waals surface area contributed by atoms with Gasteiger partial charge < -0.3 is 5.11 Å². The standard InChI is InChI=1S/C12H24N2O3S/c1-3-6-12(15)9-14(10-12)18(16,17)13-7-4-5-11(2)8-13/h11,15H,3-10H2,1-2H3. The summed E-state index contributed by atoms with van der Waals surface area (Å²) in [6.45, 7) is 5.84. The van der Waals surface area contributed by atoms with E-state index in [1.54, 1.807) is 4.31 Å². The average molecular weight is 276 g/mol. The summed E-state index contributed by atoms with van der Waals surface area (Å²) in [4.78, 5) is 0. The maximum atomic E-state index is 12.3. The zero-order valence-electron chi connectivity index (χ0n) is 11.3. The second-order valence-corrected chi connectivity index (χ2v) is 7.78. The molecule has 2 heterocycles. The number of hydrogen-bond donors (Lipinski definition) is 1. The molecule has 0 saturated carbocycles. The molecule has 0 aromatic rings. The molecule has 1 unspecified atom stereocenters. The molecule has 1 atom stereocenters. The quantitative estimate of drug-likeness (QED) is 0.826. The van der Waals surface area contributed by atoms with Crippen molar-refractivity contribution in [3.05, 3.63) is 0 Å². The topological polar surface area (TPSA) is 60.9 Å². The van der Waals surface area contributed by atoms with Crippen LogP contribution in [0.3, 0.4) is 0 Å². The van der Waals surface area contributed by atoms with Crippen molar-refractivity contribution in [2.24, 2.45) is 5.92 Å². The van der Waals surface area contributed by atoms with Gasteiger partial charge in [0.2, 0.25) is 0 Å². The van der Waals surface area contributed by atoms with E-state index in [1.165, 1.54) is 4.31 Å². The summed E-state index contributed by atoms with van der Waals surface area (Å²) >= 11 is 0. The number of piperidine rings is 1. The van der Waals surface area contributed by atoms with Crippen LogP contribution in [0.1, 0.15) is 39.5 Å². The first-order valence-corrected chi connectivity index (χ1v) is 8.25. The highest BCUT2D eigenvalue weighted by Gasteiger charge is 2.48. The van der Waals surface area contributed by atoms with E-state index in [4.69, 9.17) is 0 Å². The van der Waals surface area contributed by atoms with Gasteiger partial charge in [0, 0.05) is 26.2 Å². The summed E-state index contributed by atoms with van der Waals surface area (Å²) in [5.41, 5.74) is -0.788. The van der Waals surface area contributed by atoms with Gasteiger partial charge in [0.1, 0.15) is 0 Å². The van der Waals surface area contributed by atoms with Gasteiger partial charge in [-0.3, -0.25) is 0 Å². The van der Waals surface area contributed by atoms with Crippen LogP contribution in [0.15, 0.2) is 0 Å². The first-order valence-electron chi connectivity index (χ1n) is 6.85. The van der Waals surface area contributed by atoms with Crippen LogP contribution in [0, 0.1) is 5.92 Å². The molecule has 2 saturated heterocycles. The highest BCUT2D eigenvalue weighted by Crippen LogP contribution is 2.31. The fourth-order valence-electron chi connectivity index (χ4n) is 2.92. The Bertz CT molecular complexity index is 390. The fourth-order valence-corrected chi connectivity index (χ4v) is 4.85. The molecule has 0 aromatic heterocycles. The van der Waals surface area contributed by atoms with Crippen LogP contribution < -0.4 is 0 Å². The maximum absolute atomic E-state index is 12.3. The smallest absolute Gasteiger partial charge is 0.282 e.